The molecule has 3 rings (SSSR count). The Morgan fingerprint density at radius 2 is 1.93 bits per heavy atom. The number of carbonyl (C=O) groups is 3. The van der Waals surface area contributed by atoms with Crippen LogP contribution >= 0.6 is 0 Å². The lowest BCUT2D eigenvalue weighted by atomic mass is 10.2. The van der Waals surface area contributed by atoms with E-state index in [1.54, 1.807) is 62.1 Å². The molecule has 0 bridgehead atoms. The van der Waals surface area contributed by atoms with Crippen LogP contribution in [0.5, 0.6) is 0 Å². The van der Waals surface area contributed by atoms with Gasteiger partial charge < -0.3 is 19.7 Å². The summed E-state index contributed by atoms with van der Waals surface area (Å²) in [6.07, 6.45) is 2.92. The summed E-state index contributed by atoms with van der Waals surface area (Å²) in [7, 11) is 0. The molecule has 1 atom stereocenters. The molecule has 3 amide bonds. The van der Waals surface area contributed by atoms with Crippen LogP contribution in [0.25, 0.3) is 0 Å². The normalized spacial score (nSPS) is 19.7. The zero-order chi connectivity index (χ0) is 20.3. The van der Waals surface area contributed by atoms with Crippen LogP contribution < -0.4 is 10.2 Å². The molecular weight excluding hydrogens is 362 g/mol. The fraction of sp³-hybridized carbons (Fsp3) is 0.450. The van der Waals surface area contributed by atoms with E-state index in [1.807, 2.05) is 0 Å². The van der Waals surface area contributed by atoms with Gasteiger partial charge in [-0.3, -0.25) is 14.5 Å². The minimum atomic E-state index is -0.727. The van der Waals surface area contributed by atoms with Crippen molar-refractivity contribution in [2.24, 2.45) is 0 Å². The molecule has 2 aliphatic heterocycles. The van der Waals surface area contributed by atoms with E-state index in [0.717, 1.165) is 5.69 Å². The van der Waals surface area contributed by atoms with Gasteiger partial charge in [0, 0.05) is 24.5 Å². The van der Waals surface area contributed by atoms with Crippen LogP contribution in [0.15, 0.2) is 36.4 Å². The smallest absolute Gasteiger partial charge is 0.411 e. The highest BCUT2D eigenvalue weighted by atomic mass is 16.6. The molecule has 0 aromatic heterocycles. The van der Waals surface area contributed by atoms with E-state index < -0.39 is 17.7 Å². The Morgan fingerprint density at radius 1 is 1.21 bits per heavy atom. The van der Waals surface area contributed by atoms with Crippen LogP contribution in [0.3, 0.4) is 0 Å². The molecule has 0 aliphatic carbocycles. The summed E-state index contributed by atoms with van der Waals surface area (Å²) in [5.74, 6) is -0.415. The highest BCUT2D eigenvalue weighted by Crippen LogP contribution is 2.21. The number of hydrogen-bond donors (Lipinski definition) is 1. The Bertz CT molecular complexity index is 782. The van der Waals surface area contributed by atoms with Gasteiger partial charge in [0.15, 0.2) is 0 Å². The van der Waals surface area contributed by atoms with E-state index in [1.165, 1.54) is 4.90 Å². The number of anilines is 2. The predicted octanol–water partition coefficient (Wildman–Crippen LogP) is 2.16. The maximum atomic E-state index is 12.6. The number of hydrogen-bond acceptors (Lipinski definition) is 5. The average Bonchev–Trinajstić information content (AvgIpc) is 3.12. The third-order valence-corrected chi connectivity index (χ3v) is 4.29. The Hall–Kier alpha value is -2.87. The molecule has 150 valence electrons. The fourth-order valence-electron chi connectivity index (χ4n) is 2.99. The highest BCUT2D eigenvalue weighted by molar-refractivity contribution is 5.99. The zero-order valence-electron chi connectivity index (χ0n) is 16.3. The lowest BCUT2D eigenvalue weighted by molar-refractivity contribution is -0.125. The van der Waals surface area contributed by atoms with Crippen molar-refractivity contribution >= 4 is 29.3 Å². The summed E-state index contributed by atoms with van der Waals surface area (Å²) in [4.78, 5) is 39.9. The summed E-state index contributed by atoms with van der Waals surface area (Å²) >= 11 is 0. The van der Waals surface area contributed by atoms with E-state index >= 15 is 0 Å². The van der Waals surface area contributed by atoms with Gasteiger partial charge in [-0.25, -0.2) is 4.79 Å². The number of nitrogens with one attached hydrogen (secondary N) is 1. The van der Waals surface area contributed by atoms with Gasteiger partial charge in [0.25, 0.3) is 11.8 Å². The summed E-state index contributed by atoms with van der Waals surface area (Å²) in [6, 6.07) is 6.28. The van der Waals surface area contributed by atoms with E-state index in [2.05, 4.69) is 5.32 Å². The maximum absolute atomic E-state index is 12.6. The first-order chi connectivity index (χ1) is 13.2. The Balaban J connectivity index is 1.63. The van der Waals surface area contributed by atoms with Crippen molar-refractivity contribution in [1.82, 2.24) is 4.90 Å². The topological polar surface area (TPSA) is 88.2 Å². The third-order valence-electron chi connectivity index (χ3n) is 4.29. The molecule has 1 fully saturated rings. The van der Waals surface area contributed by atoms with Gasteiger partial charge in [-0.1, -0.05) is 12.2 Å². The number of morpholine rings is 1. The lowest BCUT2D eigenvalue weighted by Crippen LogP contribution is -2.45. The summed E-state index contributed by atoms with van der Waals surface area (Å²) < 4.78 is 10.5. The second-order valence-corrected chi connectivity index (χ2v) is 7.64. The number of benzene rings is 1. The Kier molecular flexibility index (Phi) is 5.69. The van der Waals surface area contributed by atoms with Crippen molar-refractivity contribution in [2.45, 2.75) is 32.4 Å². The Labute approximate surface area is 164 Å². The molecule has 2 aliphatic rings. The number of nitrogens with zero attached hydrogens (tertiary/aromatic N) is 2. The van der Waals surface area contributed by atoms with Crippen LogP contribution in [-0.2, 0) is 19.1 Å². The first-order valence-electron chi connectivity index (χ1n) is 9.20. The van der Waals surface area contributed by atoms with Crippen LogP contribution in [0.1, 0.15) is 20.8 Å². The van der Waals surface area contributed by atoms with Crippen molar-refractivity contribution in [2.75, 3.05) is 36.5 Å². The number of ether oxygens (including phenoxy) is 2. The minimum absolute atomic E-state index is 0.0764. The van der Waals surface area contributed by atoms with Crippen molar-refractivity contribution in [1.29, 1.82) is 0 Å². The monoisotopic (exact) mass is 387 g/mol. The van der Waals surface area contributed by atoms with E-state index in [0.29, 0.717) is 25.4 Å². The number of amides is 3. The molecule has 0 radical (unpaired) electrons. The summed E-state index contributed by atoms with van der Waals surface area (Å²) in [5, 5.41) is 2.81. The van der Waals surface area contributed by atoms with Gasteiger partial charge in [-0.15, -0.1) is 0 Å². The largest absolute Gasteiger partial charge is 0.444 e. The van der Waals surface area contributed by atoms with E-state index in [9.17, 15) is 14.4 Å². The molecule has 8 nitrogen and oxygen atoms in total. The van der Waals surface area contributed by atoms with Gasteiger partial charge in [-0.2, -0.15) is 0 Å². The van der Waals surface area contributed by atoms with Crippen LogP contribution in [0, 0.1) is 0 Å². The molecule has 0 spiro atoms. The SMILES string of the molecule is CC(C)(C)OC(=O)N1CC=CC1C(=O)Nc1ccc(N2CCOCC2=O)cc1. The van der Waals surface area contributed by atoms with Crippen LogP contribution in [0.4, 0.5) is 16.2 Å². The van der Waals surface area contributed by atoms with Gasteiger partial charge in [0.1, 0.15) is 18.2 Å². The second-order valence-electron chi connectivity index (χ2n) is 7.64. The number of carbonyl (C=O) groups excluding carboxylic acids is 3. The number of rotatable bonds is 3. The minimum Gasteiger partial charge on any atom is -0.444 e. The van der Waals surface area contributed by atoms with Crippen molar-refractivity contribution in [3.63, 3.8) is 0 Å². The molecule has 1 aromatic carbocycles. The fourth-order valence-corrected chi connectivity index (χ4v) is 2.99. The highest BCUT2D eigenvalue weighted by Gasteiger charge is 2.33. The van der Waals surface area contributed by atoms with Crippen molar-refractivity contribution in [3.05, 3.63) is 36.4 Å². The van der Waals surface area contributed by atoms with Crippen molar-refractivity contribution in [3.8, 4) is 0 Å². The predicted molar refractivity (Wildman–Crippen MR) is 104 cm³/mol. The van der Waals surface area contributed by atoms with Gasteiger partial charge >= 0.3 is 6.09 Å². The van der Waals surface area contributed by atoms with Crippen molar-refractivity contribution < 1.29 is 23.9 Å². The molecule has 28 heavy (non-hydrogen) atoms. The van der Waals surface area contributed by atoms with Crippen LogP contribution in [-0.4, -0.2) is 60.8 Å². The first-order valence-corrected chi connectivity index (χ1v) is 9.20. The van der Waals surface area contributed by atoms with Gasteiger partial charge in [0.05, 0.1) is 6.61 Å². The summed E-state index contributed by atoms with van der Waals surface area (Å²) in [5.41, 5.74) is 0.703. The van der Waals surface area contributed by atoms with Gasteiger partial charge in [0.2, 0.25) is 0 Å². The van der Waals surface area contributed by atoms with Gasteiger partial charge in [-0.05, 0) is 45.0 Å². The molecule has 8 heteroatoms. The molecule has 1 saturated heterocycles. The lowest BCUT2D eigenvalue weighted by Gasteiger charge is -2.28. The molecule has 2 heterocycles. The average molecular weight is 387 g/mol. The standard InChI is InChI=1S/C20H25N3O5/c1-20(2,3)28-19(26)23-10-4-5-16(23)18(25)21-14-6-8-15(9-7-14)22-11-12-27-13-17(22)24/h4-9,16H,10-13H2,1-3H3,(H,21,25). The molecule has 1 aromatic rings. The van der Waals surface area contributed by atoms with E-state index in [4.69, 9.17) is 9.47 Å². The third kappa shape index (κ3) is 4.69. The Morgan fingerprint density at radius 3 is 2.57 bits per heavy atom. The summed E-state index contributed by atoms with van der Waals surface area (Å²) in [6.45, 7) is 6.75. The molecule has 1 N–H and O–H groups in total. The molecule has 0 saturated carbocycles. The first kappa shape index (κ1) is 19.9. The molecule has 1 unspecified atom stereocenters. The zero-order valence-corrected chi connectivity index (χ0v) is 16.3. The van der Waals surface area contributed by atoms with E-state index in [-0.39, 0.29) is 18.4 Å². The quantitative estimate of drug-likeness (QED) is 0.803. The second kappa shape index (κ2) is 8.02. The van der Waals surface area contributed by atoms with Crippen LogP contribution in [0.2, 0.25) is 0 Å². The molecular formula is C20H25N3O5. The maximum Gasteiger partial charge on any atom is 0.411 e.